The molecule has 1 aliphatic carbocycles. The third-order valence-electron chi connectivity index (χ3n) is 9.02. The van der Waals surface area contributed by atoms with Crippen LogP contribution in [0.4, 0.5) is 5.82 Å². The van der Waals surface area contributed by atoms with E-state index in [0.29, 0.717) is 11.6 Å². The van der Waals surface area contributed by atoms with Crippen LogP contribution in [0.3, 0.4) is 0 Å². The summed E-state index contributed by atoms with van der Waals surface area (Å²) in [5.74, 6) is 0.259. The van der Waals surface area contributed by atoms with Gasteiger partial charge in [-0.1, -0.05) is 25.3 Å². The zero-order valence-electron chi connectivity index (χ0n) is 25.5. The monoisotopic (exact) mass is 581 g/mol. The van der Waals surface area contributed by atoms with Gasteiger partial charge in [-0.05, 0) is 87.6 Å². The second-order valence-corrected chi connectivity index (χ2v) is 12.2. The van der Waals surface area contributed by atoms with Gasteiger partial charge in [-0.2, -0.15) is 0 Å². The Kier molecular flexibility index (Phi) is 11.6. The molecule has 2 aromatic rings. The quantitative estimate of drug-likeness (QED) is 0.267. The van der Waals surface area contributed by atoms with Crippen molar-refractivity contribution in [3.8, 4) is 0 Å². The van der Waals surface area contributed by atoms with E-state index in [4.69, 9.17) is 13.9 Å². The normalized spacial score (nSPS) is 17.6. The predicted octanol–water partition coefficient (Wildman–Crippen LogP) is 5.96. The van der Waals surface area contributed by atoms with Crippen molar-refractivity contribution in [2.75, 3.05) is 37.7 Å². The van der Waals surface area contributed by atoms with Gasteiger partial charge in [0.05, 0.1) is 19.5 Å². The van der Waals surface area contributed by atoms with E-state index < -0.39 is 0 Å². The summed E-state index contributed by atoms with van der Waals surface area (Å²) < 4.78 is 16.1. The van der Waals surface area contributed by atoms with E-state index in [2.05, 4.69) is 9.88 Å². The number of carbonyl (C=O) groups excluding carboxylic acids is 3. The number of pyridine rings is 1. The molecule has 42 heavy (non-hydrogen) atoms. The van der Waals surface area contributed by atoms with Crippen LogP contribution in [0.25, 0.3) is 0 Å². The Morgan fingerprint density at radius 2 is 1.71 bits per heavy atom. The first kappa shape index (κ1) is 31.7. The minimum Gasteiger partial charge on any atom is -0.465 e. The smallest absolute Gasteiger partial charge is 0.302 e. The van der Waals surface area contributed by atoms with Crippen molar-refractivity contribution >= 4 is 23.7 Å². The van der Waals surface area contributed by atoms with Crippen molar-refractivity contribution in [2.24, 2.45) is 11.3 Å². The third kappa shape index (κ3) is 9.15. The van der Waals surface area contributed by atoms with Crippen LogP contribution in [0.5, 0.6) is 0 Å². The average molecular weight is 582 g/mol. The SMILES string of the molecule is CC(=O)OCC(CCC1(CCN2CCC(N(C(=O)c3ccco3)c3ccc(C)cn3)CC2)CCCCC1)COC(C)=O. The number of hydrogen-bond donors (Lipinski definition) is 0. The number of anilines is 1. The van der Waals surface area contributed by atoms with Crippen molar-refractivity contribution in [3.05, 3.63) is 48.0 Å². The molecule has 2 aromatic heterocycles. The van der Waals surface area contributed by atoms with Crippen molar-refractivity contribution < 1.29 is 28.3 Å². The second-order valence-electron chi connectivity index (χ2n) is 12.2. The maximum atomic E-state index is 13.5. The fraction of sp³-hybridized carbons (Fsp3) is 0.636. The third-order valence-corrected chi connectivity index (χ3v) is 9.02. The van der Waals surface area contributed by atoms with Gasteiger partial charge in [-0.3, -0.25) is 19.3 Å². The van der Waals surface area contributed by atoms with Crippen LogP contribution < -0.4 is 4.90 Å². The lowest BCUT2D eigenvalue weighted by Gasteiger charge is -2.42. The van der Waals surface area contributed by atoms with Gasteiger partial charge in [0.15, 0.2) is 5.76 Å². The Balaban J connectivity index is 1.35. The number of hydrogen-bond acceptors (Lipinski definition) is 8. The number of ether oxygens (including phenoxy) is 2. The summed E-state index contributed by atoms with van der Waals surface area (Å²) in [6.45, 7) is 8.28. The fourth-order valence-electron chi connectivity index (χ4n) is 6.50. The Labute approximate surface area is 249 Å². The van der Waals surface area contributed by atoms with Gasteiger partial charge in [0.25, 0.3) is 5.91 Å². The van der Waals surface area contributed by atoms with E-state index in [9.17, 15) is 14.4 Å². The number of nitrogens with zero attached hydrogens (tertiary/aromatic N) is 3. The van der Waals surface area contributed by atoms with Crippen LogP contribution in [-0.4, -0.2) is 66.6 Å². The molecule has 1 amide bonds. The van der Waals surface area contributed by atoms with E-state index in [-0.39, 0.29) is 48.4 Å². The molecule has 0 unspecified atom stereocenters. The number of furan rings is 1. The molecule has 0 N–H and O–H groups in total. The van der Waals surface area contributed by atoms with Crippen LogP contribution in [0.1, 0.15) is 94.2 Å². The zero-order valence-corrected chi connectivity index (χ0v) is 25.5. The number of aromatic nitrogens is 1. The maximum Gasteiger partial charge on any atom is 0.302 e. The first-order chi connectivity index (χ1) is 20.2. The van der Waals surface area contributed by atoms with Gasteiger partial charge in [0, 0.05) is 45.1 Å². The Morgan fingerprint density at radius 3 is 2.29 bits per heavy atom. The Morgan fingerprint density at radius 1 is 1.02 bits per heavy atom. The summed E-state index contributed by atoms with van der Waals surface area (Å²) in [5, 5.41) is 0. The molecule has 0 spiro atoms. The van der Waals surface area contributed by atoms with Crippen LogP contribution >= 0.6 is 0 Å². The summed E-state index contributed by atoms with van der Waals surface area (Å²) in [6, 6.07) is 7.43. The summed E-state index contributed by atoms with van der Waals surface area (Å²) in [7, 11) is 0. The molecule has 2 aliphatic rings. The molecule has 3 heterocycles. The lowest BCUT2D eigenvalue weighted by molar-refractivity contribution is -0.146. The largest absolute Gasteiger partial charge is 0.465 e. The van der Waals surface area contributed by atoms with Gasteiger partial charge >= 0.3 is 11.9 Å². The maximum absolute atomic E-state index is 13.5. The van der Waals surface area contributed by atoms with Gasteiger partial charge in [-0.15, -0.1) is 0 Å². The van der Waals surface area contributed by atoms with Crippen LogP contribution in [-0.2, 0) is 19.1 Å². The van der Waals surface area contributed by atoms with Crippen LogP contribution in [0.2, 0.25) is 0 Å². The summed E-state index contributed by atoms with van der Waals surface area (Å²) in [4.78, 5) is 45.3. The van der Waals surface area contributed by atoms with Crippen molar-refractivity contribution in [1.82, 2.24) is 9.88 Å². The number of rotatable bonds is 13. The zero-order chi connectivity index (χ0) is 30.0. The molecular weight excluding hydrogens is 534 g/mol. The molecule has 9 heteroatoms. The van der Waals surface area contributed by atoms with E-state index in [1.165, 1.54) is 52.2 Å². The lowest BCUT2D eigenvalue weighted by Crippen LogP contribution is -2.48. The van der Waals surface area contributed by atoms with Crippen LogP contribution in [0.15, 0.2) is 41.1 Å². The molecule has 1 aliphatic heterocycles. The molecule has 9 nitrogen and oxygen atoms in total. The molecule has 0 atom stereocenters. The molecule has 230 valence electrons. The van der Waals surface area contributed by atoms with E-state index in [0.717, 1.165) is 57.3 Å². The topological polar surface area (TPSA) is 102 Å². The second kappa shape index (κ2) is 15.3. The first-order valence-corrected chi connectivity index (χ1v) is 15.5. The number of likely N-dealkylation sites (tertiary alicyclic amines) is 1. The van der Waals surface area contributed by atoms with Crippen molar-refractivity contribution in [1.29, 1.82) is 0 Å². The van der Waals surface area contributed by atoms with Crippen molar-refractivity contribution in [3.63, 3.8) is 0 Å². The van der Waals surface area contributed by atoms with E-state index in [1.807, 2.05) is 24.0 Å². The van der Waals surface area contributed by atoms with E-state index in [1.54, 1.807) is 18.3 Å². The van der Waals surface area contributed by atoms with E-state index >= 15 is 0 Å². The van der Waals surface area contributed by atoms with Gasteiger partial charge in [0.2, 0.25) is 0 Å². The number of carbonyl (C=O) groups is 3. The molecule has 1 saturated carbocycles. The number of piperidine rings is 1. The van der Waals surface area contributed by atoms with Gasteiger partial charge in [0.1, 0.15) is 5.82 Å². The highest BCUT2D eigenvalue weighted by Gasteiger charge is 2.35. The number of amides is 1. The molecule has 2 fully saturated rings. The molecule has 0 aromatic carbocycles. The van der Waals surface area contributed by atoms with Crippen molar-refractivity contribution in [2.45, 2.75) is 91.0 Å². The number of aryl methyl sites for hydroxylation is 1. The highest BCUT2D eigenvalue weighted by atomic mass is 16.5. The standard InChI is InChI=1S/C33H47N3O6/c1-25-9-10-31(34-22-25)36(32(39)30-8-7-21-40-30)29-12-18-35(19-13-29)20-17-33(14-5-4-6-15-33)16-11-28(23-41-26(2)37)24-42-27(3)38/h7-10,21-22,28-29H,4-6,11-20,23-24H2,1-3H3. The molecule has 1 saturated heterocycles. The summed E-state index contributed by atoms with van der Waals surface area (Å²) in [5.41, 5.74) is 1.31. The van der Waals surface area contributed by atoms with Crippen LogP contribution in [0, 0.1) is 18.3 Å². The fourth-order valence-corrected chi connectivity index (χ4v) is 6.50. The number of esters is 2. The molecule has 0 bridgehead atoms. The first-order valence-electron chi connectivity index (χ1n) is 15.5. The summed E-state index contributed by atoms with van der Waals surface area (Å²) in [6.07, 6.45) is 14.3. The Hall–Kier alpha value is -3.20. The average Bonchev–Trinajstić information content (AvgIpc) is 3.53. The highest BCUT2D eigenvalue weighted by Crippen LogP contribution is 2.44. The minimum atomic E-state index is -0.304. The van der Waals surface area contributed by atoms with Gasteiger partial charge in [-0.25, -0.2) is 4.98 Å². The molecular formula is C33H47N3O6. The Bertz CT molecular complexity index is 1120. The van der Waals surface area contributed by atoms with Gasteiger partial charge < -0.3 is 18.8 Å². The molecule has 4 rings (SSSR count). The highest BCUT2D eigenvalue weighted by molar-refractivity contribution is 6.04. The predicted molar refractivity (Wildman–Crippen MR) is 160 cm³/mol. The lowest BCUT2D eigenvalue weighted by atomic mass is 9.68. The summed E-state index contributed by atoms with van der Waals surface area (Å²) >= 11 is 0. The molecule has 0 radical (unpaired) electrons. The minimum absolute atomic E-state index is 0.0143.